The van der Waals surface area contributed by atoms with Gasteiger partial charge in [-0.15, -0.1) is 0 Å². The minimum Gasteiger partial charge on any atom is -0.364 e. The number of aromatic nitrogens is 2. The fourth-order valence-electron chi connectivity index (χ4n) is 1.54. The molecule has 88 valence electrons. The van der Waals surface area contributed by atoms with E-state index in [1.165, 1.54) is 5.56 Å². The van der Waals surface area contributed by atoms with Gasteiger partial charge in [-0.3, -0.25) is 4.98 Å². The Morgan fingerprint density at radius 1 is 1.12 bits per heavy atom. The van der Waals surface area contributed by atoms with E-state index < -0.39 is 0 Å². The molecule has 0 amide bonds. The smallest absolute Gasteiger partial charge is 0.126 e. The predicted molar refractivity (Wildman–Crippen MR) is 69.9 cm³/mol. The SMILES string of the molecule is CC(C)c1ccc(NCc2ccccn2)nc1. The zero-order chi connectivity index (χ0) is 12.1. The average Bonchev–Trinajstić information content (AvgIpc) is 2.38. The van der Waals surface area contributed by atoms with E-state index in [2.05, 4.69) is 35.2 Å². The van der Waals surface area contributed by atoms with Crippen LogP contribution in [0.25, 0.3) is 0 Å². The molecule has 2 aromatic rings. The Hall–Kier alpha value is -1.90. The van der Waals surface area contributed by atoms with Gasteiger partial charge in [0.1, 0.15) is 5.82 Å². The standard InChI is InChI=1S/C14H17N3/c1-11(2)12-6-7-14(16-9-12)17-10-13-5-3-4-8-15-13/h3-9,11H,10H2,1-2H3,(H,16,17). The van der Waals surface area contributed by atoms with Crippen molar-refractivity contribution in [3.8, 4) is 0 Å². The van der Waals surface area contributed by atoms with Crippen molar-refractivity contribution in [1.82, 2.24) is 9.97 Å². The Balaban J connectivity index is 1.96. The van der Waals surface area contributed by atoms with Crippen molar-refractivity contribution in [1.29, 1.82) is 0 Å². The van der Waals surface area contributed by atoms with E-state index in [9.17, 15) is 0 Å². The van der Waals surface area contributed by atoms with Crippen molar-refractivity contribution in [2.75, 3.05) is 5.32 Å². The van der Waals surface area contributed by atoms with Crippen molar-refractivity contribution in [2.24, 2.45) is 0 Å². The summed E-state index contributed by atoms with van der Waals surface area (Å²) in [7, 11) is 0. The summed E-state index contributed by atoms with van der Waals surface area (Å²) in [6, 6.07) is 10.0. The van der Waals surface area contributed by atoms with Crippen LogP contribution in [0.15, 0.2) is 42.7 Å². The number of nitrogens with one attached hydrogen (secondary N) is 1. The monoisotopic (exact) mass is 227 g/mol. The molecule has 0 saturated carbocycles. The van der Waals surface area contributed by atoms with Crippen LogP contribution >= 0.6 is 0 Å². The van der Waals surface area contributed by atoms with Gasteiger partial charge in [-0.25, -0.2) is 4.98 Å². The van der Waals surface area contributed by atoms with Crippen LogP contribution < -0.4 is 5.32 Å². The second kappa shape index (κ2) is 5.43. The summed E-state index contributed by atoms with van der Waals surface area (Å²) < 4.78 is 0. The van der Waals surface area contributed by atoms with Gasteiger partial charge < -0.3 is 5.32 Å². The molecule has 0 unspecified atom stereocenters. The summed E-state index contributed by atoms with van der Waals surface area (Å²) >= 11 is 0. The molecule has 3 heteroatoms. The Kier molecular flexibility index (Phi) is 3.70. The van der Waals surface area contributed by atoms with Gasteiger partial charge in [0.2, 0.25) is 0 Å². The Morgan fingerprint density at radius 3 is 2.59 bits per heavy atom. The zero-order valence-electron chi connectivity index (χ0n) is 10.2. The summed E-state index contributed by atoms with van der Waals surface area (Å²) in [5.41, 5.74) is 2.27. The van der Waals surface area contributed by atoms with Gasteiger partial charge >= 0.3 is 0 Å². The first-order valence-electron chi connectivity index (χ1n) is 5.85. The fourth-order valence-corrected chi connectivity index (χ4v) is 1.54. The highest BCUT2D eigenvalue weighted by Crippen LogP contribution is 2.14. The van der Waals surface area contributed by atoms with Crippen molar-refractivity contribution < 1.29 is 0 Å². The molecule has 2 heterocycles. The number of hydrogen-bond donors (Lipinski definition) is 1. The summed E-state index contributed by atoms with van der Waals surface area (Å²) in [4.78, 5) is 8.63. The highest BCUT2D eigenvalue weighted by atomic mass is 15.0. The van der Waals surface area contributed by atoms with Crippen LogP contribution in [0.4, 0.5) is 5.82 Å². The molecule has 2 aromatic heterocycles. The molecule has 0 saturated heterocycles. The lowest BCUT2D eigenvalue weighted by atomic mass is 10.1. The topological polar surface area (TPSA) is 37.8 Å². The summed E-state index contributed by atoms with van der Waals surface area (Å²) in [6.07, 6.45) is 3.72. The summed E-state index contributed by atoms with van der Waals surface area (Å²) in [5.74, 6) is 1.41. The molecule has 3 nitrogen and oxygen atoms in total. The Bertz CT molecular complexity index is 449. The van der Waals surface area contributed by atoms with Crippen molar-refractivity contribution >= 4 is 5.82 Å². The first-order valence-corrected chi connectivity index (χ1v) is 5.85. The second-order valence-electron chi connectivity index (χ2n) is 4.31. The number of hydrogen-bond acceptors (Lipinski definition) is 3. The van der Waals surface area contributed by atoms with E-state index in [0.717, 1.165) is 11.5 Å². The third-order valence-electron chi connectivity index (χ3n) is 2.63. The van der Waals surface area contributed by atoms with Crippen LogP contribution in [-0.4, -0.2) is 9.97 Å². The minimum atomic E-state index is 0.521. The first kappa shape index (κ1) is 11.6. The van der Waals surface area contributed by atoms with Crippen LogP contribution in [0.2, 0.25) is 0 Å². The third kappa shape index (κ3) is 3.28. The number of pyridine rings is 2. The second-order valence-corrected chi connectivity index (χ2v) is 4.31. The Labute approximate surface area is 102 Å². The molecule has 0 bridgehead atoms. The number of anilines is 1. The molecule has 2 rings (SSSR count). The lowest BCUT2D eigenvalue weighted by Gasteiger charge is -2.07. The van der Waals surface area contributed by atoms with E-state index in [0.29, 0.717) is 12.5 Å². The van der Waals surface area contributed by atoms with E-state index >= 15 is 0 Å². The summed E-state index contributed by atoms with van der Waals surface area (Å²) in [6.45, 7) is 5.03. The highest BCUT2D eigenvalue weighted by Gasteiger charge is 2.00. The molecule has 0 aliphatic rings. The summed E-state index contributed by atoms with van der Waals surface area (Å²) in [5, 5.41) is 3.25. The molecule has 0 atom stereocenters. The normalized spacial score (nSPS) is 10.5. The van der Waals surface area contributed by atoms with Crippen molar-refractivity contribution in [3.05, 3.63) is 54.0 Å². The molecule has 1 N–H and O–H groups in total. The van der Waals surface area contributed by atoms with Gasteiger partial charge in [0.25, 0.3) is 0 Å². The van der Waals surface area contributed by atoms with E-state index in [1.807, 2.05) is 30.5 Å². The molecule has 0 aromatic carbocycles. The molecule has 0 fully saturated rings. The van der Waals surface area contributed by atoms with Crippen LogP contribution in [0, 0.1) is 0 Å². The number of nitrogens with zero attached hydrogens (tertiary/aromatic N) is 2. The molecular weight excluding hydrogens is 210 g/mol. The van der Waals surface area contributed by atoms with E-state index in [1.54, 1.807) is 6.20 Å². The fraction of sp³-hybridized carbons (Fsp3) is 0.286. The van der Waals surface area contributed by atoms with Crippen LogP contribution in [-0.2, 0) is 6.54 Å². The van der Waals surface area contributed by atoms with Gasteiger partial charge in [-0.05, 0) is 29.7 Å². The van der Waals surface area contributed by atoms with Crippen LogP contribution in [0.5, 0.6) is 0 Å². The molecule has 0 spiro atoms. The van der Waals surface area contributed by atoms with E-state index in [4.69, 9.17) is 0 Å². The largest absolute Gasteiger partial charge is 0.364 e. The van der Waals surface area contributed by atoms with Crippen molar-refractivity contribution in [2.45, 2.75) is 26.3 Å². The molecule has 17 heavy (non-hydrogen) atoms. The zero-order valence-corrected chi connectivity index (χ0v) is 10.2. The van der Waals surface area contributed by atoms with Gasteiger partial charge in [-0.1, -0.05) is 26.0 Å². The van der Waals surface area contributed by atoms with Gasteiger partial charge in [-0.2, -0.15) is 0 Å². The molecule has 0 radical (unpaired) electrons. The third-order valence-corrected chi connectivity index (χ3v) is 2.63. The molecular formula is C14H17N3. The maximum absolute atomic E-state index is 4.38. The predicted octanol–water partition coefficient (Wildman–Crippen LogP) is 3.21. The maximum Gasteiger partial charge on any atom is 0.126 e. The Morgan fingerprint density at radius 2 is 2.00 bits per heavy atom. The highest BCUT2D eigenvalue weighted by molar-refractivity contribution is 5.36. The van der Waals surface area contributed by atoms with Crippen LogP contribution in [0.1, 0.15) is 31.0 Å². The lowest BCUT2D eigenvalue weighted by Crippen LogP contribution is -2.03. The maximum atomic E-state index is 4.38. The van der Waals surface area contributed by atoms with Crippen molar-refractivity contribution in [3.63, 3.8) is 0 Å². The van der Waals surface area contributed by atoms with Gasteiger partial charge in [0.05, 0.1) is 12.2 Å². The lowest BCUT2D eigenvalue weighted by molar-refractivity contribution is 0.857. The van der Waals surface area contributed by atoms with Crippen LogP contribution in [0.3, 0.4) is 0 Å². The minimum absolute atomic E-state index is 0.521. The van der Waals surface area contributed by atoms with Gasteiger partial charge in [0.15, 0.2) is 0 Å². The molecule has 0 aliphatic carbocycles. The van der Waals surface area contributed by atoms with Gasteiger partial charge in [0, 0.05) is 12.4 Å². The molecule has 0 aliphatic heterocycles. The van der Waals surface area contributed by atoms with E-state index in [-0.39, 0.29) is 0 Å². The quantitative estimate of drug-likeness (QED) is 0.871. The number of rotatable bonds is 4. The first-order chi connectivity index (χ1) is 8.25. The average molecular weight is 227 g/mol.